The zero-order valence-corrected chi connectivity index (χ0v) is 24.2. The minimum atomic E-state index is -0.356. The predicted molar refractivity (Wildman–Crippen MR) is 150 cm³/mol. The van der Waals surface area contributed by atoms with E-state index in [2.05, 4.69) is 22.5 Å². The van der Waals surface area contributed by atoms with E-state index in [1.54, 1.807) is 6.07 Å². The lowest BCUT2D eigenvalue weighted by Crippen LogP contribution is -2.45. The molecule has 2 N–H and O–H groups in total. The van der Waals surface area contributed by atoms with Crippen molar-refractivity contribution < 1.29 is 14.4 Å². The van der Waals surface area contributed by atoms with Crippen LogP contribution in [0.1, 0.15) is 76.7 Å². The maximum absolute atomic E-state index is 13.2. The molecule has 1 aromatic rings. The summed E-state index contributed by atoms with van der Waals surface area (Å²) in [5.74, 6) is 0.318. The molecule has 2 aliphatic heterocycles. The Kier molecular flexibility index (Phi) is 9.32. The van der Waals surface area contributed by atoms with Crippen LogP contribution in [0.25, 0.3) is 0 Å². The van der Waals surface area contributed by atoms with Crippen LogP contribution in [0.2, 0.25) is 5.02 Å². The van der Waals surface area contributed by atoms with Gasteiger partial charge in [0.05, 0.1) is 0 Å². The molecular formula is C29H43ClN4O3. The summed E-state index contributed by atoms with van der Waals surface area (Å²) in [5, 5.41) is 6.37. The molecule has 1 atom stereocenters. The Morgan fingerprint density at radius 1 is 1.19 bits per heavy atom. The van der Waals surface area contributed by atoms with Gasteiger partial charge in [-0.1, -0.05) is 37.9 Å². The maximum Gasteiger partial charge on any atom is 0.251 e. The minimum Gasteiger partial charge on any atom is -0.371 e. The van der Waals surface area contributed by atoms with Gasteiger partial charge < -0.3 is 20.4 Å². The number of rotatable bonds is 7. The summed E-state index contributed by atoms with van der Waals surface area (Å²) >= 11 is 6.49. The number of nitrogens with zero attached hydrogens (tertiary/aromatic N) is 2. The van der Waals surface area contributed by atoms with Gasteiger partial charge in [0.15, 0.2) is 0 Å². The Balaban J connectivity index is 1.70. The van der Waals surface area contributed by atoms with Crippen LogP contribution < -0.4 is 15.5 Å². The van der Waals surface area contributed by atoms with E-state index < -0.39 is 0 Å². The van der Waals surface area contributed by atoms with Gasteiger partial charge in [-0.25, -0.2) is 0 Å². The molecule has 1 unspecified atom stereocenters. The van der Waals surface area contributed by atoms with E-state index in [4.69, 9.17) is 11.6 Å². The maximum atomic E-state index is 13.2. The van der Waals surface area contributed by atoms with E-state index in [1.807, 2.05) is 52.5 Å². The first-order valence-corrected chi connectivity index (χ1v) is 13.8. The summed E-state index contributed by atoms with van der Waals surface area (Å²) < 4.78 is 0. The van der Waals surface area contributed by atoms with Gasteiger partial charge in [0, 0.05) is 66.0 Å². The molecule has 0 aliphatic carbocycles. The summed E-state index contributed by atoms with van der Waals surface area (Å²) in [6, 6.07) is 3.73. The van der Waals surface area contributed by atoms with Gasteiger partial charge in [-0.2, -0.15) is 0 Å². The Morgan fingerprint density at radius 3 is 2.41 bits per heavy atom. The lowest BCUT2D eigenvalue weighted by molar-refractivity contribution is -0.140. The average molecular weight is 531 g/mol. The standard InChI is InChI=1S/C29H43ClN4O3/c1-8-33(17-21-9-11-34(12-10-21)28(37)29(5,6)7)25-15-22(30)14-23(20(25)4)26(35)31-16-24-18(2)13-19(3)32-27(24)36/h14-15,19,21H,8-13,16-17H2,1-7H3,(H,31,35)(H,32,36). The first-order valence-electron chi connectivity index (χ1n) is 13.4. The number of anilines is 1. The number of likely N-dealkylation sites (tertiary alicyclic amines) is 1. The second-order valence-electron chi connectivity index (χ2n) is 11.6. The monoisotopic (exact) mass is 530 g/mol. The highest BCUT2D eigenvalue weighted by molar-refractivity contribution is 6.31. The van der Waals surface area contributed by atoms with Crippen molar-refractivity contribution in [2.24, 2.45) is 11.3 Å². The number of carbonyl (C=O) groups is 3. The van der Waals surface area contributed by atoms with Crippen LogP contribution in [0.4, 0.5) is 5.69 Å². The van der Waals surface area contributed by atoms with E-state index in [0.717, 1.165) is 62.3 Å². The Bertz CT molecular complexity index is 1070. The molecule has 3 amide bonds. The van der Waals surface area contributed by atoms with Crippen molar-refractivity contribution in [1.82, 2.24) is 15.5 Å². The predicted octanol–water partition coefficient (Wildman–Crippen LogP) is 4.71. The SMILES string of the molecule is CCN(CC1CCN(C(=O)C(C)(C)C)CC1)c1cc(Cl)cc(C(=O)NCC2=C(C)CC(C)NC2=O)c1C. The van der Waals surface area contributed by atoms with Gasteiger partial charge in [0.1, 0.15) is 0 Å². The van der Waals surface area contributed by atoms with Crippen LogP contribution in [0.5, 0.6) is 0 Å². The fraction of sp³-hybridized carbons (Fsp3) is 0.621. The zero-order valence-electron chi connectivity index (χ0n) is 23.5. The van der Waals surface area contributed by atoms with Crippen LogP contribution in [-0.2, 0) is 9.59 Å². The number of carbonyl (C=O) groups excluding carboxylic acids is 3. The normalized spacial score (nSPS) is 19.1. The quantitative estimate of drug-likeness (QED) is 0.534. The van der Waals surface area contributed by atoms with E-state index in [1.165, 1.54) is 0 Å². The molecule has 1 fully saturated rings. The number of hydrogen-bond acceptors (Lipinski definition) is 4. The Morgan fingerprint density at radius 2 is 1.84 bits per heavy atom. The summed E-state index contributed by atoms with van der Waals surface area (Å²) in [5.41, 5.74) is 3.62. The first kappa shape index (κ1) is 29.0. The number of benzene rings is 1. The topological polar surface area (TPSA) is 81.8 Å². The van der Waals surface area contributed by atoms with Crippen LogP contribution in [0.3, 0.4) is 0 Å². The highest BCUT2D eigenvalue weighted by Gasteiger charge is 2.31. The Hall–Kier alpha value is -2.54. The number of nitrogens with one attached hydrogen (secondary N) is 2. The third-order valence-corrected chi connectivity index (χ3v) is 7.76. The van der Waals surface area contributed by atoms with Crippen molar-refractivity contribution in [3.8, 4) is 0 Å². The average Bonchev–Trinajstić information content (AvgIpc) is 2.82. The van der Waals surface area contributed by atoms with Crippen LogP contribution in [0, 0.1) is 18.3 Å². The number of hydrogen-bond donors (Lipinski definition) is 2. The molecule has 7 nitrogen and oxygen atoms in total. The number of piperidine rings is 1. The van der Waals surface area contributed by atoms with E-state index >= 15 is 0 Å². The lowest BCUT2D eigenvalue weighted by Gasteiger charge is -2.38. The molecule has 2 aliphatic rings. The summed E-state index contributed by atoms with van der Waals surface area (Å²) in [7, 11) is 0. The van der Waals surface area contributed by atoms with Gasteiger partial charge >= 0.3 is 0 Å². The van der Waals surface area contributed by atoms with Gasteiger partial charge in [-0.05, 0) is 70.6 Å². The molecular weight excluding hydrogens is 488 g/mol. The van der Waals surface area contributed by atoms with Gasteiger partial charge in [0.25, 0.3) is 5.91 Å². The van der Waals surface area contributed by atoms with Crippen LogP contribution in [0.15, 0.2) is 23.3 Å². The molecule has 37 heavy (non-hydrogen) atoms. The van der Waals surface area contributed by atoms with Crippen molar-refractivity contribution in [2.75, 3.05) is 37.6 Å². The first-order chi connectivity index (χ1) is 17.3. The molecule has 2 heterocycles. The second kappa shape index (κ2) is 11.9. The lowest BCUT2D eigenvalue weighted by atomic mass is 9.90. The molecule has 204 valence electrons. The molecule has 1 saturated heterocycles. The molecule has 8 heteroatoms. The number of amides is 3. The van der Waals surface area contributed by atoms with Crippen molar-refractivity contribution >= 4 is 35.0 Å². The van der Waals surface area contributed by atoms with Crippen LogP contribution in [-0.4, -0.2) is 61.4 Å². The Labute approximate surface area is 227 Å². The van der Waals surface area contributed by atoms with E-state index in [-0.39, 0.29) is 35.7 Å². The molecule has 0 spiro atoms. The summed E-state index contributed by atoms with van der Waals surface area (Å²) in [6.07, 6.45) is 2.70. The molecule has 0 aromatic heterocycles. The molecule has 1 aromatic carbocycles. The van der Waals surface area contributed by atoms with Crippen molar-refractivity contribution in [2.45, 2.75) is 73.8 Å². The summed E-state index contributed by atoms with van der Waals surface area (Å²) in [6.45, 7) is 17.3. The third kappa shape index (κ3) is 7.07. The summed E-state index contributed by atoms with van der Waals surface area (Å²) in [4.78, 5) is 42.5. The van der Waals surface area contributed by atoms with E-state index in [0.29, 0.717) is 22.1 Å². The zero-order chi connectivity index (χ0) is 27.5. The third-order valence-electron chi connectivity index (χ3n) is 7.54. The van der Waals surface area contributed by atoms with Gasteiger partial charge in [-0.3, -0.25) is 14.4 Å². The largest absolute Gasteiger partial charge is 0.371 e. The van der Waals surface area contributed by atoms with Crippen molar-refractivity contribution in [1.29, 1.82) is 0 Å². The smallest absolute Gasteiger partial charge is 0.251 e. The van der Waals surface area contributed by atoms with Gasteiger partial charge in [0.2, 0.25) is 11.8 Å². The van der Waals surface area contributed by atoms with Crippen molar-refractivity contribution in [3.63, 3.8) is 0 Å². The second-order valence-corrected chi connectivity index (χ2v) is 12.1. The highest BCUT2D eigenvalue weighted by Crippen LogP contribution is 2.31. The molecule has 0 radical (unpaired) electrons. The fourth-order valence-corrected chi connectivity index (χ4v) is 5.58. The van der Waals surface area contributed by atoms with Gasteiger partial charge in [-0.15, -0.1) is 0 Å². The molecule has 0 bridgehead atoms. The minimum absolute atomic E-state index is 0.107. The fourth-order valence-electron chi connectivity index (χ4n) is 5.36. The van der Waals surface area contributed by atoms with Crippen molar-refractivity contribution in [3.05, 3.63) is 39.4 Å². The highest BCUT2D eigenvalue weighted by atomic mass is 35.5. The van der Waals surface area contributed by atoms with Crippen LogP contribution >= 0.6 is 11.6 Å². The molecule has 3 rings (SSSR count). The number of halogens is 1. The van der Waals surface area contributed by atoms with E-state index in [9.17, 15) is 14.4 Å². The molecule has 0 saturated carbocycles.